The predicted molar refractivity (Wildman–Crippen MR) is 124 cm³/mol. The molecule has 2 heterocycles. The van der Waals surface area contributed by atoms with Crippen molar-refractivity contribution in [2.75, 3.05) is 39.8 Å². The summed E-state index contributed by atoms with van der Waals surface area (Å²) in [4.78, 5) is 6.75. The van der Waals surface area contributed by atoms with Crippen LogP contribution in [0.15, 0.2) is 26.7 Å². The van der Waals surface area contributed by atoms with Crippen LogP contribution < -0.4 is 15.4 Å². The summed E-state index contributed by atoms with van der Waals surface area (Å²) in [5.41, 5.74) is 0. The van der Waals surface area contributed by atoms with E-state index in [1.807, 2.05) is 0 Å². The molecule has 3 N–H and O–H groups in total. The number of rotatable bonds is 8. The number of guanidine groups is 1. The lowest BCUT2D eigenvalue weighted by molar-refractivity contribution is 0.187. The van der Waals surface area contributed by atoms with Gasteiger partial charge in [0.2, 0.25) is 10.0 Å². The van der Waals surface area contributed by atoms with Gasteiger partial charge in [-0.1, -0.05) is 19.9 Å². The van der Waals surface area contributed by atoms with Crippen LogP contribution in [0.1, 0.15) is 26.7 Å². The maximum atomic E-state index is 12.1. The highest BCUT2D eigenvalue weighted by atomic mass is 127. The molecule has 0 aliphatic carbocycles. The number of halogens is 1. The Balaban J connectivity index is 0.00000364. The number of hydrogen-bond donors (Lipinski definition) is 3. The Morgan fingerprint density at radius 2 is 2.04 bits per heavy atom. The van der Waals surface area contributed by atoms with Gasteiger partial charge in [0.1, 0.15) is 4.21 Å². The van der Waals surface area contributed by atoms with Gasteiger partial charge >= 0.3 is 0 Å². The van der Waals surface area contributed by atoms with Crippen LogP contribution in [-0.2, 0) is 10.0 Å². The molecule has 2 rings (SSSR count). The largest absolute Gasteiger partial charge is 0.355 e. The van der Waals surface area contributed by atoms with Crippen molar-refractivity contribution in [3.8, 4) is 0 Å². The minimum atomic E-state index is -3.40. The molecule has 0 amide bonds. The van der Waals surface area contributed by atoms with Crippen molar-refractivity contribution in [3.05, 3.63) is 17.5 Å². The van der Waals surface area contributed by atoms with E-state index in [4.69, 9.17) is 0 Å². The number of thiophene rings is 1. The van der Waals surface area contributed by atoms with Crippen LogP contribution in [0.2, 0.25) is 0 Å². The third-order valence-corrected chi connectivity index (χ3v) is 7.10. The summed E-state index contributed by atoms with van der Waals surface area (Å²) in [7, 11) is -1.67. The normalized spacial score (nSPS) is 17.0. The second-order valence-corrected chi connectivity index (χ2v) is 9.88. The molecule has 0 atom stereocenters. The van der Waals surface area contributed by atoms with Gasteiger partial charge in [-0.15, -0.1) is 35.3 Å². The highest BCUT2D eigenvalue weighted by molar-refractivity contribution is 14.0. The molecule has 1 aromatic heterocycles. The molecular formula is C17H32IN5O2S2. The van der Waals surface area contributed by atoms with E-state index in [0.29, 0.717) is 29.3 Å². The first-order valence-corrected chi connectivity index (χ1v) is 11.5. The summed E-state index contributed by atoms with van der Waals surface area (Å²) in [6.07, 6.45) is 2.19. The lowest BCUT2D eigenvalue weighted by Crippen LogP contribution is -2.50. The number of aliphatic imine (C=N–C) groups is 1. The lowest BCUT2D eigenvalue weighted by atomic mass is 10.0. The van der Waals surface area contributed by atoms with Gasteiger partial charge in [-0.2, -0.15) is 0 Å². The number of nitrogens with one attached hydrogen (secondary N) is 3. The van der Waals surface area contributed by atoms with Crippen LogP contribution >= 0.6 is 35.3 Å². The Morgan fingerprint density at radius 1 is 1.33 bits per heavy atom. The van der Waals surface area contributed by atoms with Crippen LogP contribution in [-0.4, -0.2) is 65.1 Å². The van der Waals surface area contributed by atoms with E-state index in [0.717, 1.165) is 38.4 Å². The Kier molecular flexibility index (Phi) is 11.1. The highest BCUT2D eigenvalue weighted by Crippen LogP contribution is 2.15. The van der Waals surface area contributed by atoms with E-state index in [2.05, 4.69) is 39.1 Å². The summed E-state index contributed by atoms with van der Waals surface area (Å²) in [6.45, 7) is 8.67. The van der Waals surface area contributed by atoms with Crippen LogP contribution in [0, 0.1) is 5.92 Å². The van der Waals surface area contributed by atoms with Crippen LogP contribution in [0.4, 0.5) is 0 Å². The molecule has 1 aliphatic heterocycles. The summed E-state index contributed by atoms with van der Waals surface area (Å²) in [5.74, 6) is 1.43. The Bertz CT molecular complexity index is 657. The SMILES string of the molecule is CN=C(NCCNS(=O)(=O)c1cccs1)NC1CCN(CC(C)C)CC1.I. The summed E-state index contributed by atoms with van der Waals surface area (Å²) in [5, 5.41) is 8.38. The van der Waals surface area contributed by atoms with Gasteiger partial charge in [-0.05, 0) is 30.2 Å². The van der Waals surface area contributed by atoms with E-state index in [9.17, 15) is 8.42 Å². The first-order valence-electron chi connectivity index (χ1n) is 9.13. The van der Waals surface area contributed by atoms with E-state index in [1.165, 1.54) is 11.3 Å². The quantitative estimate of drug-likeness (QED) is 0.208. The van der Waals surface area contributed by atoms with Crippen molar-refractivity contribution in [1.29, 1.82) is 0 Å². The number of nitrogens with zero attached hydrogens (tertiary/aromatic N) is 2. The van der Waals surface area contributed by atoms with Crippen molar-refractivity contribution in [2.45, 2.75) is 36.9 Å². The van der Waals surface area contributed by atoms with E-state index < -0.39 is 10.0 Å². The molecule has 0 bridgehead atoms. The van der Waals surface area contributed by atoms with Crippen LogP contribution in [0.3, 0.4) is 0 Å². The summed E-state index contributed by atoms with van der Waals surface area (Å²) < 4.78 is 27.0. The average molecular weight is 530 g/mol. The number of sulfonamides is 1. The number of likely N-dealkylation sites (tertiary alicyclic amines) is 1. The van der Waals surface area contributed by atoms with Gasteiger partial charge in [0.05, 0.1) is 0 Å². The van der Waals surface area contributed by atoms with Crippen LogP contribution in [0.5, 0.6) is 0 Å². The van der Waals surface area contributed by atoms with Gasteiger partial charge in [-0.25, -0.2) is 13.1 Å². The number of piperidine rings is 1. The second kappa shape index (κ2) is 12.2. The fourth-order valence-corrected chi connectivity index (χ4v) is 5.09. The van der Waals surface area contributed by atoms with Gasteiger partial charge in [0.25, 0.3) is 0 Å². The average Bonchev–Trinajstić information content (AvgIpc) is 3.14. The molecule has 0 radical (unpaired) electrons. The third kappa shape index (κ3) is 8.63. The van der Waals surface area contributed by atoms with E-state index in [-0.39, 0.29) is 24.0 Å². The topological polar surface area (TPSA) is 85.8 Å². The molecule has 27 heavy (non-hydrogen) atoms. The molecule has 0 spiro atoms. The van der Waals surface area contributed by atoms with Crippen molar-refractivity contribution in [3.63, 3.8) is 0 Å². The van der Waals surface area contributed by atoms with Gasteiger partial charge in [0.15, 0.2) is 5.96 Å². The Hall–Kier alpha value is -0.430. The highest BCUT2D eigenvalue weighted by Gasteiger charge is 2.20. The third-order valence-electron chi connectivity index (χ3n) is 4.24. The molecule has 10 heteroatoms. The molecule has 156 valence electrons. The maximum absolute atomic E-state index is 12.1. The molecule has 7 nitrogen and oxygen atoms in total. The van der Waals surface area contributed by atoms with Crippen molar-refractivity contribution in [2.24, 2.45) is 10.9 Å². The first-order chi connectivity index (χ1) is 12.4. The first kappa shape index (κ1) is 24.6. The summed E-state index contributed by atoms with van der Waals surface area (Å²) >= 11 is 1.21. The molecule has 1 aliphatic rings. The van der Waals surface area contributed by atoms with Crippen molar-refractivity contribution < 1.29 is 8.42 Å². The maximum Gasteiger partial charge on any atom is 0.250 e. The molecular weight excluding hydrogens is 497 g/mol. The smallest absolute Gasteiger partial charge is 0.250 e. The minimum Gasteiger partial charge on any atom is -0.355 e. The second-order valence-electron chi connectivity index (χ2n) is 6.94. The molecule has 0 aromatic carbocycles. The fraction of sp³-hybridized carbons (Fsp3) is 0.706. The Morgan fingerprint density at radius 3 is 2.59 bits per heavy atom. The number of hydrogen-bond acceptors (Lipinski definition) is 5. The molecule has 0 saturated carbocycles. The zero-order valence-electron chi connectivity index (χ0n) is 16.3. The van der Waals surface area contributed by atoms with Crippen LogP contribution in [0.25, 0.3) is 0 Å². The lowest BCUT2D eigenvalue weighted by Gasteiger charge is -2.33. The standard InChI is InChI=1S/C17H31N5O2S2.HI/c1-14(2)13-22-10-6-15(7-11-22)21-17(18-3)19-8-9-20-26(23,24)16-5-4-12-25-16;/h4-5,12,14-15,20H,6-11,13H2,1-3H3,(H2,18,19,21);1H. The molecule has 1 fully saturated rings. The molecule has 1 aromatic rings. The zero-order chi connectivity index (χ0) is 19.0. The van der Waals surface area contributed by atoms with Gasteiger partial charge in [-0.3, -0.25) is 4.99 Å². The monoisotopic (exact) mass is 529 g/mol. The fourth-order valence-electron chi connectivity index (χ4n) is 3.02. The minimum absolute atomic E-state index is 0. The van der Waals surface area contributed by atoms with Gasteiger partial charge < -0.3 is 15.5 Å². The molecule has 1 saturated heterocycles. The summed E-state index contributed by atoms with van der Waals surface area (Å²) in [6, 6.07) is 3.75. The van der Waals surface area contributed by atoms with E-state index >= 15 is 0 Å². The van der Waals surface area contributed by atoms with Crippen molar-refractivity contribution in [1.82, 2.24) is 20.3 Å². The predicted octanol–water partition coefficient (Wildman–Crippen LogP) is 1.93. The van der Waals surface area contributed by atoms with Gasteiger partial charge in [0, 0.05) is 45.8 Å². The van der Waals surface area contributed by atoms with E-state index in [1.54, 1.807) is 24.6 Å². The Labute approximate surface area is 184 Å². The van der Waals surface area contributed by atoms with Crippen molar-refractivity contribution >= 4 is 51.3 Å². The zero-order valence-corrected chi connectivity index (χ0v) is 20.2. The molecule has 0 unspecified atom stereocenters.